The molecule has 0 bridgehead atoms. The molecule has 1 unspecified atom stereocenters. The van der Waals surface area contributed by atoms with E-state index in [-0.39, 0.29) is 0 Å². The molecule has 1 atom stereocenters. The monoisotopic (exact) mass is 253 g/mol. The fraction of sp³-hybridized carbons (Fsp3) is 0.692. The molecule has 1 saturated heterocycles. The molecule has 1 aromatic heterocycles. The second kappa shape index (κ2) is 6.38. The number of nitrogens with one attached hydrogen (secondary N) is 2. The highest BCUT2D eigenvalue weighted by Crippen LogP contribution is 2.21. The molecule has 0 spiro atoms. The van der Waals surface area contributed by atoms with Gasteiger partial charge in [-0.15, -0.1) is 11.3 Å². The highest BCUT2D eigenvalue weighted by molar-refractivity contribution is 7.14. The summed E-state index contributed by atoms with van der Waals surface area (Å²) in [4.78, 5) is 2.58. The third-order valence-electron chi connectivity index (χ3n) is 3.48. The van der Waals surface area contributed by atoms with Crippen LogP contribution in [-0.4, -0.2) is 43.7 Å². The average Bonchev–Trinajstić information content (AvgIpc) is 2.76. The van der Waals surface area contributed by atoms with Gasteiger partial charge < -0.3 is 10.6 Å². The largest absolute Gasteiger partial charge is 0.377 e. The molecule has 0 aliphatic carbocycles. The molecule has 96 valence electrons. The van der Waals surface area contributed by atoms with Crippen LogP contribution in [0.1, 0.15) is 18.9 Å². The number of anilines is 1. The normalized spacial score (nSPS) is 19.2. The van der Waals surface area contributed by atoms with E-state index in [9.17, 15) is 0 Å². The van der Waals surface area contributed by atoms with Gasteiger partial charge in [0.25, 0.3) is 0 Å². The Morgan fingerprint density at radius 1 is 1.47 bits per heavy atom. The Hall–Kier alpha value is -0.580. The Morgan fingerprint density at radius 3 is 2.88 bits per heavy atom. The maximum absolute atomic E-state index is 3.54. The zero-order chi connectivity index (χ0) is 12.1. The highest BCUT2D eigenvalue weighted by atomic mass is 32.1. The van der Waals surface area contributed by atoms with Crippen molar-refractivity contribution in [3.63, 3.8) is 0 Å². The second-order valence-electron chi connectivity index (χ2n) is 4.78. The van der Waals surface area contributed by atoms with Gasteiger partial charge >= 0.3 is 0 Å². The van der Waals surface area contributed by atoms with Crippen molar-refractivity contribution >= 4 is 16.3 Å². The number of hydrogen-bond acceptors (Lipinski definition) is 4. The van der Waals surface area contributed by atoms with Crippen molar-refractivity contribution in [1.29, 1.82) is 0 Å². The van der Waals surface area contributed by atoms with Gasteiger partial charge in [-0.2, -0.15) is 0 Å². The maximum Gasteiger partial charge on any atom is 0.0912 e. The van der Waals surface area contributed by atoms with Gasteiger partial charge in [0.2, 0.25) is 0 Å². The van der Waals surface area contributed by atoms with Gasteiger partial charge in [0.05, 0.1) is 5.00 Å². The lowest BCUT2D eigenvalue weighted by molar-refractivity contribution is 0.179. The van der Waals surface area contributed by atoms with E-state index in [0.717, 1.165) is 19.6 Å². The van der Waals surface area contributed by atoms with E-state index in [2.05, 4.69) is 40.8 Å². The number of rotatable bonds is 5. The minimum Gasteiger partial charge on any atom is -0.377 e. The highest BCUT2D eigenvalue weighted by Gasteiger charge is 2.15. The first-order valence-electron chi connectivity index (χ1n) is 6.50. The van der Waals surface area contributed by atoms with Crippen LogP contribution in [0.3, 0.4) is 0 Å². The Bertz CT molecular complexity index is 331. The van der Waals surface area contributed by atoms with E-state index < -0.39 is 0 Å². The van der Waals surface area contributed by atoms with E-state index in [4.69, 9.17) is 0 Å². The molecule has 1 aliphatic heterocycles. The topological polar surface area (TPSA) is 27.3 Å². The van der Waals surface area contributed by atoms with Crippen LogP contribution in [0.4, 0.5) is 5.00 Å². The summed E-state index contributed by atoms with van der Waals surface area (Å²) in [5.74, 6) is 0. The molecule has 2 N–H and O–H groups in total. The standard InChI is InChI=1S/C13H23N3S/c1-11-4-10-17-13(11)15-5-3-12(2)16-8-6-14-7-9-16/h4,10,12,14-15H,3,5-9H2,1-2H3. The SMILES string of the molecule is Cc1ccsc1NCCC(C)N1CCNCC1. The van der Waals surface area contributed by atoms with Crippen LogP contribution >= 0.6 is 11.3 Å². The first-order chi connectivity index (χ1) is 8.27. The van der Waals surface area contributed by atoms with Crippen LogP contribution in [0.2, 0.25) is 0 Å². The number of thiophene rings is 1. The molecule has 1 fully saturated rings. The lowest BCUT2D eigenvalue weighted by Crippen LogP contribution is -2.47. The first-order valence-corrected chi connectivity index (χ1v) is 7.38. The molecular weight excluding hydrogens is 230 g/mol. The number of hydrogen-bond donors (Lipinski definition) is 2. The summed E-state index contributed by atoms with van der Waals surface area (Å²) in [6.45, 7) is 10.3. The fourth-order valence-electron chi connectivity index (χ4n) is 2.25. The molecule has 0 radical (unpaired) electrons. The lowest BCUT2D eigenvalue weighted by Gasteiger charge is -2.32. The smallest absolute Gasteiger partial charge is 0.0912 e. The van der Waals surface area contributed by atoms with Gasteiger partial charge in [0, 0.05) is 38.8 Å². The molecule has 0 saturated carbocycles. The quantitative estimate of drug-likeness (QED) is 0.842. The second-order valence-corrected chi connectivity index (χ2v) is 5.70. The van der Waals surface area contributed by atoms with Gasteiger partial charge in [0.1, 0.15) is 0 Å². The molecule has 0 amide bonds. The van der Waals surface area contributed by atoms with Crippen LogP contribution < -0.4 is 10.6 Å². The number of nitrogens with zero attached hydrogens (tertiary/aromatic N) is 1. The molecule has 1 aliphatic rings. The summed E-state index contributed by atoms with van der Waals surface area (Å²) >= 11 is 1.80. The molecular formula is C13H23N3S. The van der Waals surface area contributed by atoms with Gasteiger partial charge in [-0.05, 0) is 37.3 Å². The minimum absolute atomic E-state index is 0.685. The summed E-state index contributed by atoms with van der Waals surface area (Å²) in [5.41, 5.74) is 1.37. The summed E-state index contributed by atoms with van der Waals surface area (Å²) < 4.78 is 0. The number of piperazine rings is 1. The first kappa shape index (κ1) is 12.9. The Labute approximate surface area is 108 Å². The van der Waals surface area contributed by atoms with Crippen LogP contribution in [0.25, 0.3) is 0 Å². The molecule has 1 aromatic rings. The summed E-state index contributed by atoms with van der Waals surface area (Å²) in [5, 5.41) is 10.4. The Kier molecular flexibility index (Phi) is 4.83. The summed E-state index contributed by atoms with van der Waals surface area (Å²) in [6.07, 6.45) is 1.22. The van der Waals surface area contributed by atoms with Crippen molar-refractivity contribution in [3.05, 3.63) is 17.0 Å². The van der Waals surface area contributed by atoms with Crippen molar-refractivity contribution in [2.75, 3.05) is 38.0 Å². The van der Waals surface area contributed by atoms with Crippen LogP contribution in [-0.2, 0) is 0 Å². The maximum atomic E-state index is 3.54. The van der Waals surface area contributed by atoms with E-state index in [0.29, 0.717) is 6.04 Å². The molecule has 3 nitrogen and oxygen atoms in total. The zero-order valence-electron chi connectivity index (χ0n) is 10.8. The molecule has 4 heteroatoms. The van der Waals surface area contributed by atoms with Crippen LogP contribution in [0, 0.1) is 6.92 Å². The van der Waals surface area contributed by atoms with E-state index in [1.807, 2.05) is 0 Å². The zero-order valence-corrected chi connectivity index (χ0v) is 11.6. The van der Waals surface area contributed by atoms with Crippen molar-refractivity contribution in [3.8, 4) is 0 Å². The van der Waals surface area contributed by atoms with Crippen molar-refractivity contribution in [2.45, 2.75) is 26.3 Å². The van der Waals surface area contributed by atoms with Crippen molar-refractivity contribution < 1.29 is 0 Å². The summed E-state index contributed by atoms with van der Waals surface area (Å²) in [7, 11) is 0. The van der Waals surface area contributed by atoms with E-state index in [1.54, 1.807) is 11.3 Å². The third-order valence-corrected chi connectivity index (χ3v) is 4.46. The minimum atomic E-state index is 0.685. The molecule has 2 heterocycles. The lowest BCUT2D eigenvalue weighted by atomic mass is 10.2. The molecule has 0 aromatic carbocycles. The van der Waals surface area contributed by atoms with Crippen molar-refractivity contribution in [1.82, 2.24) is 10.2 Å². The molecule has 2 rings (SSSR count). The van der Waals surface area contributed by atoms with Gasteiger partial charge in [-0.1, -0.05) is 0 Å². The van der Waals surface area contributed by atoms with Gasteiger partial charge in [-0.3, -0.25) is 4.90 Å². The Balaban J connectivity index is 1.69. The van der Waals surface area contributed by atoms with Gasteiger partial charge in [0.15, 0.2) is 0 Å². The van der Waals surface area contributed by atoms with Crippen molar-refractivity contribution in [2.24, 2.45) is 0 Å². The predicted molar refractivity (Wildman–Crippen MR) is 76.1 cm³/mol. The van der Waals surface area contributed by atoms with Gasteiger partial charge in [-0.25, -0.2) is 0 Å². The summed E-state index contributed by atoms with van der Waals surface area (Å²) in [6, 6.07) is 2.86. The van der Waals surface area contributed by atoms with Crippen LogP contribution in [0.15, 0.2) is 11.4 Å². The number of aryl methyl sites for hydroxylation is 1. The Morgan fingerprint density at radius 2 is 2.24 bits per heavy atom. The molecule has 17 heavy (non-hydrogen) atoms. The fourth-order valence-corrected chi connectivity index (χ4v) is 3.10. The van der Waals surface area contributed by atoms with Crippen LogP contribution in [0.5, 0.6) is 0 Å². The average molecular weight is 253 g/mol. The van der Waals surface area contributed by atoms with E-state index >= 15 is 0 Å². The van der Waals surface area contributed by atoms with E-state index in [1.165, 1.54) is 30.1 Å². The third kappa shape index (κ3) is 3.69. The predicted octanol–water partition coefficient (Wildman–Crippen LogP) is 2.15.